The fraction of sp³-hybridized carbons (Fsp3) is 0.661. The summed E-state index contributed by atoms with van der Waals surface area (Å²) >= 11 is 1.65. The Morgan fingerprint density at radius 2 is 1.59 bits per heavy atom. The third kappa shape index (κ3) is 15.1. The van der Waals surface area contributed by atoms with Gasteiger partial charge in [-0.1, -0.05) is 94.8 Å². The van der Waals surface area contributed by atoms with Crippen LogP contribution in [-0.2, 0) is 42.9 Å². The van der Waals surface area contributed by atoms with Crippen LogP contribution in [0.15, 0.2) is 82.8 Å². The number of aliphatic hydroxyl groups is 3. The number of methoxy groups -OCH3 is 2. The van der Waals surface area contributed by atoms with Crippen LogP contribution in [0.4, 0.5) is 0 Å². The first-order valence-electron chi connectivity index (χ1n) is 25.6. The number of aliphatic hydroxyl groups excluding tert-OH is 2. The first-order valence-corrected chi connectivity index (χ1v) is 26.5. The summed E-state index contributed by atoms with van der Waals surface area (Å²) in [6, 6.07) is 8.81. The molecule has 1 aromatic rings. The second-order valence-electron chi connectivity index (χ2n) is 20.8. The highest BCUT2D eigenvalue weighted by molar-refractivity contribution is 8.00. The molecule has 2 unspecified atom stereocenters. The standard InChI is InChI=1S/C56H81NO12S/c1-34-18-12-10-13-19-35(2)49(70-43-20-14-11-15-21-43)32-42-25-23-40(7)56(65,69-42)53(62)54(63)57-27-17-16-22-44(57)55(64)68-47(37(4)30-41-24-26-45(58)48(31-41)66-8)33-46(59)36(3)29-39(6)51(61)52(67-9)50(60)38(5)28-34/h10-15,18-21,29,34,36-38,40-42,44-45,47-49,51-52,58,61,65H,16-17,22-28,30-33H2,1-9H3/b13-10+,18-12+,35-19+,39-29+/t34-,36-,37-,38-,40-,41+,42+,44+,45-,47+,48-,49?,51-,52?,56-/m1/s1. The second-order valence-corrected chi connectivity index (χ2v) is 22.1. The minimum Gasteiger partial charge on any atom is -0.460 e. The highest BCUT2D eigenvalue weighted by atomic mass is 32.2. The number of rotatable bonds is 7. The number of Topliss-reactive ketones (excluding diaryl/α,β-unsaturated/α-hetero) is 3. The number of esters is 1. The zero-order valence-electron chi connectivity index (χ0n) is 43.0. The summed E-state index contributed by atoms with van der Waals surface area (Å²) in [5, 5.41) is 34.1. The number of ketones is 3. The molecule has 0 aromatic heterocycles. The van der Waals surface area contributed by atoms with Gasteiger partial charge < -0.3 is 39.2 Å². The van der Waals surface area contributed by atoms with Crippen LogP contribution in [0.2, 0.25) is 0 Å². The normalized spacial score (nSPS) is 38.3. The lowest BCUT2D eigenvalue weighted by molar-refractivity contribution is -0.263. The molecule has 0 spiro atoms. The first-order chi connectivity index (χ1) is 33.3. The van der Waals surface area contributed by atoms with Crippen molar-refractivity contribution in [3.05, 3.63) is 77.9 Å². The molecule has 70 heavy (non-hydrogen) atoms. The molecule has 15 atom stereocenters. The largest absolute Gasteiger partial charge is 0.460 e. The van der Waals surface area contributed by atoms with E-state index in [0.717, 1.165) is 16.9 Å². The van der Waals surface area contributed by atoms with Gasteiger partial charge in [0, 0.05) is 55.1 Å². The van der Waals surface area contributed by atoms with Crippen LogP contribution in [0.3, 0.4) is 0 Å². The summed E-state index contributed by atoms with van der Waals surface area (Å²) in [6.45, 7) is 12.9. The van der Waals surface area contributed by atoms with Gasteiger partial charge in [-0.05, 0) is 120 Å². The van der Waals surface area contributed by atoms with Gasteiger partial charge in [0.25, 0.3) is 11.7 Å². The third-order valence-electron chi connectivity index (χ3n) is 15.2. The van der Waals surface area contributed by atoms with Crippen LogP contribution in [0.25, 0.3) is 0 Å². The number of allylic oxidation sites excluding steroid dienone is 6. The Bertz CT molecular complexity index is 2050. The first kappa shape index (κ1) is 57.1. The second kappa shape index (κ2) is 26.8. The van der Waals surface area contributed by atoms with Crippen LogP contribution in [0.1, 0.15) is 126 Å². The molecule has 1 amide bonds. The highest BCUT2D eigenvalue weighted by Gasteiger charge is 2.53. The molecule has 1 aliphatic carbocycles. The Morgan fingerprint density at radius 3 is 2.29 bits per heavy atom. The predicted octanol–water partition coefficient (Wildman–Crippen LogP) is 8.33. The average Bonchev–Trinajstić information content (AvgIpc) is 3.34. The van der Waals surface area contributed by atoms with Gasteiger partial charge in [0.1, 0.15) is 30.1 Å². The van der Waals surface area contributed by atoms with Crippen LogP contribution in [0.5, 0.6) is 0 Å². The van der Waals surface area contributed by atoms with E-state index in [1.165, 1.54) is 12.0 Å². The molecule has 3 heterocycles. The molecule has 3 N–H and O–H groups in total. The molecule has 2 saturated heterocycles. The number of nitrogens with zero attached hydrogens (tertiary/aromatic N) is 1. The maximum atomic E-state index is 14.5. The number of fused-ring (bicyclic) bond motifs is 3. The number of thioether (sulfide) groups is 1. The minimum atomic E-state index is -2.42. The van der Waals surface area contributed by atoms with Gasteiger partial charge in [0.2, 0.25) is 5.79 Å². The molecule has 14 heteroatoms. The van der Waals surface area contributed by atoms with E-state index in [4.69, 9.17) is 18.9 Å². The monoisotopic (exact) mass is 992 g/mol. The zero-order valence-corrected chi connectivity index (χ0v) is 43.8. The van der Waals surface area contributed by atoms with E-state index in [1.54, 1.807) is 45.7 Å². The molecule has 4 aliphatic rings. The Labute approximate surface area is 420 Å². The number of carbonyl (C=O) groups excluding carboxylic acids is 5. The number of carbonyl (C=O) groups is 5. The van der Waals surface area contributed by atoms with Crippen molar-refractivity contribution in [1.82, 2.24) is 4.90 Å². The van der Waals surface area contributed by atoms with Crippen molar-refractivity contribution in [2.24, 2.45) is 35.5 Å². The Hall–Kier alpha value is -3.76. The van der Waals surface area contributed by atoms with Crippen molar-refractivity contribution in [3.63, 3.8) is 0 Å². The van der Waals surface area contributed by atoms with Crippen molar-refractivity contribution in [2.75, 3.05) is 20.8 Å². The SMILES string of the molecule is COC1C(=O)[C@H](C)C[C@H](C)/C=C/C=C/C=C(\C)C(Sc2ccccc2)C[C@@H]2CC[C@@H](C)[C@@](O)(O2)C(=O)C(=O)N2CCCC[C@H]2C(=O)O[C@H]([C@H](C)C[C@@H]2CC[C@@H](O)[C@H](OC)C2)CC(=O)[C@H](C)/C=C(\C)[C@H]1O. The van der Waals surface area contributed by atoms with Crippen molar-refractivity contribution < 1.29 is 58.2 Å². The van der Waals surface area contributed by atoms with Gasteiger partial charge in [-0.3, -0.25) is 19.2 Å². The summed E-state index contributed by atoms with van der Waals surface area (Å²) < 4.78 is 23.9. The molecular weight excluding hydrogens is 911 g/mol. The van der Waals surface area contributed by atoms with Crippen LogP contribution < -0.4 is 0 Å². The Kier molecular flexibility index (Phi) is 21.9. The summed E-state index contributed by atoms with van der Waals surface area (Å²) in [6.07, 6.45) is 12.2. The maximum Gasteiger partial charge on any atom is 0.329 e. The van der Waals surface area contributed by atoms with Crippen LogP contribution >= 0.6 is 11.8 Å². The van der Waals surface area contributed by atoms with E-state index in [1.807, 2.05) is 88.4 Å². The molecule has 2 bridgehead atoms. The van der Waals surface area contributed by atoms with E-state index in [0.29, 0.717) is 63.4 Å². The summed E-state index contributed by atoms with van der Waals surface area (Å²) in [7, 11) is 2.96. The van der Waals surface area contributed by atoms with Gasteiger partial charge in [0.15, 0.2) is 5.78 Å². The number of cyclic esters (lactones) is 1. The predicted molar refractivity (Wildman–Crippen MR) is 270 cm³/mol. The third-order valence-corrected chi connectivity index (χ3v) is 16.6. The van der Waals surface area contributed by atoms with E-state index >= 15 is 0 Å². The molecule has 5 rings (SSSR count). The molecular formula is C56H81NO12S. The highest BCUT2D eigenvalue weighted by Crippen LogP contribution is 2.40. The number of piperidine rings is 1. The van der Waals surface area contributed by atoms with Crippen LogP contribution in [-0.4, -0.2) is 124 Å². The summed E-state index contributed by atoms with van der Waals surface area (Å²) in [5.41, 5.74) is 1.42. The van der Waals surface area contributed by atoms with E-state index < -0.39 is 77.8 Å². The lowest BCUT2D eigenvalue weighted by Gasteiger charge is -2.43. The van der Waals surface area contributed by atoms with Gasteiger partial charge in [-0.25, -0.2) is 4.79 Å². The zero-order chi connectivity index (χ0) is 51.3. The quantitative estimate of drug-likeness (QED) is 0.135. The fourth-order valence-corrected chi connectivity index (χ4v) is 11.9. The van der Waals surface area contributed by atoms with E-state index in [2.05, 4.69) is 0 Å². The van der Waals surface area contributed by atoms with E-state index in [9.17, 15) is 39.3 Å². The fourth-order valence-electron chi connectivity index (χ4n) is 10.6. The molecule has 3 fully saturated rings. The molecule has 388 valence electrons. The van der Waals surface area contributed by atoms with Crippen molar-refractivity contribution in [3.8, 4) is 0 Å². The molecule has 1 saturated carbocycles. The van der Waals surface area contributed by atoms with Crippen molar-refractivity contribution >= 4 is 41.0 Å². The topological polar surface area (TPSA) is 186 Å². The number of benzene rings is 1. The van der Waals surface area contributed by atoms with Crippen LogP contribution in [0, 0.1) is 35.5 Å². The van der Waals surface area contributed by atoms with Gasteiger partial charge in [-0.2, -0.15) is 0 Å². The van der Waals surface area contributed by atoms with Gasteiger partial charge >= 0.3 is 5.97 Å². The maximum absolute atomic E-state index is 14.5. The lowest BCUT2D eigenvalue weighted by Crippen LogP contribution is -2.60. The Balaban J connectivity index is 1.49. The summed E-state index contributed by atoms with van der Waals surface area (Å²) in [5.74, 6) is -7.91. The average molecular weight is 992 g/mol. The number of amides is 1. The smallest absolute Gasteiger partial charge is 0.329 e. The van der Waals surface area contributed by atoms with Gasteiger partial charge in [0.05, 0.1) is 18.3 Å². The number of hydrogen-bond acceptors (Lipinski definition) is 13. The molecule has 13 nitrogen and oxygen atoms in total. The van der Waals surface area contributed by atoms with E-state index in [-0.39, 0.29) is 60.1 Å². The summed E-state index contributed by atoms with van der Waals surface area (Å²) in [4.78, 5) is 73.6. The lowest BCUT2D eigenvalue weighted by atomic mass is 9.78. The van der Waals surface area contributed by atoms with Crippen molar-refractivity contribution in [1.29, 1.82) is 0 Å². The molecule has 0 radical (unpaired) electrons. The molecule has 3 aliphatic heterocycles. The number of ether oxygens (including phenoxy) is 4. The van der Waals surface area contributed by atoms with Gasteiger partial charge in [-0.15, -0.1) is 11.8 Å². The number of hydrogen-bond donors (Lipinski definition) is 3. The minimum absolute atomic E-state index is 0.0190. The Morgan fingerprint density at radius 1 is 0.857 bits per heavy atom. The molecule has 1 aromatic carbocycles. The van der Waals surface area contributed by atoms with Crippen molar-refractivity contribution in [2.45, 2.75) is 184 Å².